The SMILES string of the molecule is CCOC(=O)c1c(NC(=O)c2cc3ccccc3c(=O)o2)sc2c1CC[C@@H](C(C)(C)C)C2. The summed E-state index contributed by atoms with van der Waals surface area (Å²) in [6.45, 7) is 8.70. The number of hydrogen-bond acceptors (Lipinski definition) is 6. The van der Waals surface area contributed by atoms with Crippen molar-refractivity contribution in [1.82, 2.24) is 0 Å². The van der Waals surface area contributed by atoms with Gasteiger partial charge in [0.25, 0.3) is 5.91 Å². The zero-order chi connectivity index (χ0) is 23.0. The Labute approximate surface area is 190 Å². The minimum atomic E-state index is -0.572. The van der Waals surface area contributed by atoms with Gasteiger partial charge in [0.15, 0.2) is 5.76 Å². The topological polar surface area (TPSA) is 85.6 Å². The van der Waals surface area contributed by atoms with Crippen LogP contribution in [0.1, 0.15) is 65.5 Å². The molecule has 1 aliphatic carbocycles. The molecule has 0 aliphatic heterocycles. The second-order valence-electron chi connectivity index (χ2n) is 9.17. The Balaban J connectivity index is 1.70. The fourth-order valence-corrected chi connectivity index (χ4v) is 5.55. The van der Waals surface area contributed by atoms with Crippen molar-refractivity contribution in [2.75, 3.05) is 11.9 Å². The van der Waals surface area contributed by atoms with E-state index in [0.717, 1.165) is 29.7 Å². The average Bonchev–Trinajstić information content (AvgIpc) is 3.10. The molecule has 1 aromatic carbocycles. The summed E-state index contributed by atoms with van der Waals surface area (Å²) in [4.78, 5) is 39.2. The first-order valence-corrected chi connectivity index (χ1v) is 11.7. The van der Waals surface area contributed by atoms with Crippen molar-refractivity contribution in [2.24, 2.45) is 11.3 Å². The van der Waals surface area contributed by atoms with Gasteiger partial charge in [0.1, 0.15) is 5.00 Å². The summed E-state index contributed by atoms with van der Waals surface area (Å²) in [6.07, 6.45) is 2.60. The van der Waals surface area contributed by atoms with Gasteiger partial charge in [0.2, 0.25) is 0 Å². The molecule has 6 nitrogen and oxygen atoms in total. The number of amides is 1. The van der Waals surface area contributed by atoms with Gasteiger partial charge in [-0.2, -0.15) is 0 Å². The first-order valence-electron chi connectivity index (χ1n) is 10.8. The van der Waals surface area contributed by atoms with Crippen molar-refractivity contribution in [3.8, 4) is 0 Å². The van der Waals surface area contributed by atoms with Crippen LogP contribution in [0.15, 0.2) is 39.5 Å². The van der Waals surface area contributed by atoms with Crippen LogP contribution < -0.4 is 10.9 Å². The van der Waals surface area contributed by atoms with E-state index in [2.05, 4.69) is 26.1 Å². The summed E-state index contributed by atoms with van der Waals surface area (Å²) < 4.78 is 10.6. The van der Waals surface area contributed by atoms with Crippen molar-refractivity contribution in [2.45, 2.75) is 47.0 Å². The van der Waals surface area contributed by atoms with Crippen LogP contribution in [0, 0.1) is 11.3 Å². The van der Waals surface area contributed by atoms with Crippen LogP contribution in [0.3, 0.4) is 0 Å². The van der Waals surface area contributed by atoms with E-state index in [1.54, 1.807) is 37.3 Å². The van der Waals surface area contributed by atoms with Gasteiger partial charge in [-0.25, -0.2) is 9.59 Å². The average molecular weight is 454 g/mol. The maximum absolute atomic E-state index is 13.0. The lowest BCUT2D eigenvalue weighted by molar-refractivity contribution is 0.0526. The molecule has 1 N–H and O–H groups in total. The lowest BCUT2D eigenvalue weighted by atomic mass is 9.72. The molecule has 0 saturated heterocycles. The smallest absolute Gasteiger partial charge is 0.344 e. The molecule has 32 heavy (non-hydrogen) atoms. The summed E-state index contributed by atoms with van der Waals surface area (Å²) >= 11 is 1.41. The highest BCUT2D eigenvalue weighted by Crippen LogP contribution is 2.44. The predicted molar refractivity (Wildman–Crippen MR) is 126 cm³/mol. The first-order chi connectivity index (χ1) is 15.2. The quantitative estimate of drug-likeness (QED) is 0.532. The summed E-state index contributed by atoms with van der Waals surface area (Å²) in [5, 5.41) is 4.30. The number of anilines is 1. The molecule has 7 heteroatoms. The third kappa shape index (κ3) is 4.21. The molecule has 0 saturated carbocycles. The van der Waals surface area contributed by atoms with Crippen LogP contribution in [0.2, 0.25) is 0 Å². The van der Waals surface area contributed by atoms with E-state index < -0.39 is 17.5 Å². The van der Waals surface area contributed by atoms with E-state index in [-0.39, 0.29) is 17.8 Å². The number of carbonyl (C=O) groups is 2. The largest absolute Gasteiger partial charge is 0.462 e. The molecule has 3 aromatic rings. The molecule has 1 amide bonds. The molecule has 0 radical (unpaired) electrons. The third-order valence-electron chi connectivity index (χ3n) is 6.09. The minimum Gasteiger partial charge on any atom is -0.462 e. The van der Waals surface area contributed by atoms with E-state index >= 15 is 0 Å². The molecular weight excluding hydrogens is 426 g/mol. The van der Waals surface area contributed by atoms with Crippen molar-refractivity contribution in [3.63, 3.8) is 0 Å². The number of rotatable bonds is 4. The fourth-order valence-electron chi connectivity index (χ4n) is 4.24. The lowest BCUT2D eigenvalue weighted by Gasteiger charge is -2.33. The van der Waals surface area contributed by atoms with E-state index in [1.165, 1.54) is 11.3 Å². The number of fused-ring (bicyclic) bond motifs is 2. The summed E-state index contributed by atoms with van der Waals surface area (Å²) in [5.74, 6) is -0.605. The Hall–Kier alpha value is -2.93. The Morgan fingerprint density at radius 2 is 2.00 bits per heavy atom. The third-order valence-corrected chi connectivity index (χ3v) is 7.26. The van der Waals surface area contributed by atoms with Crippen molar-refractivity contribution in [3.05, 3.63) is 62.5 Å². The number of esters is 1. The molecule has 1 atom stereocenters. The van der Waals surface area contributed by atoms with Crippen LogP contribution in [-0.2, 0) is 17.6 Å². The number of nitrogens with one attached hydrogen (secondary N) is 1. The summed E-state index contributed by atoms with van der Waals surface area (Å²) in [7, 11) is 0. The highest BCUT2D eigenvalue weighted by molar-refractivity contribution is 7.17. The number of hydrogen-bond donors (Lipinski definition) is 1. The Morgan fingerprint density at radius 1 is 1.25 bits per heavy atom. The van der Waals surface area contributed by atoms with Gasteiger partial charge in [0, 0.05) is 4.88 Å². The monoisotopic (exact) mass is 453 g/mol. The van der Waals surface area contributed by atoms with Crippen molar-refractivity contribution < 1.29 is 18.7 Å². The zero-order valence-corrected chi connectivity index (χ0v) is 19.6. The Bertz CT molecular complexity index is 1250. The van der Waals surface area contributed by atoms with Gasteiger partial charge >= 0.3 is 11.6 Å². The van der Waals surface area contributed by atoms with E-state index in [0.29, 0.717) is 27.3 Å². The van der Waals surface area contributed by atoms with Crippen LogP contribution in [0.5, 0.6) is 0 Å². The number of benzene rings is 1. The summed E-state index contributed by atoms with van der Waals surface area (Å²) in [5.41, 5.74) is 0.973. The Kier molecular flexibility index (Phi) is 5.95. The molecule has 0 spiro atoms. The highest BCUT2D eigenvalue weighted by atomic mass is 32.1. The maximum Gasteiger partial charge on any atom is 0.344 e. The fraction of sp³-hybridized carbons (Fsp3) is 0.400. The maximum atomic E-state index is 13.0. The lowest BCUT2D eigenvalue weighted by Crippen LogP contribution is -2.26. The molecule has 2 aromatic heterocycles. The van der Waals surface area contributed by atoms with E-state index in [9.17, 15) is 14.4 Å². The molecule has 1 aliphatic rings. The van der Waals surface area contributed by atoms with Crippen LogP contribution >= 0.6 is 11.3 Å². The van der Waals surface area contributed by atoms with Crippen LogP contribution in [-0.4, -0.2) is 18.5 Å². The standard InChI is InChI=1S/C25H27NO5S/c1-5-30-24(29)20-17-11-10-15(25(2,3)4)13-19(17)32-22(20)26-21(27)18-12-14-8-6-7-9-16(14)23(28)31-18/h6-9,12,15H,5,10-11,13H2,1-4H3,(H,26,27)/t15-/m1/s1. The van der Waals surface area contributed by atoms with Crippen molar-refractivity contribution >= 4 is 39.0 Å². The molecule has 0 bridgehead atoms. The minimum absolute atomic E-state index is 0.0950. The normalized spacial score (nSPS) is 15.9. The number of carbonyl (C=O) groups excluding carboxylic acids is 2. The first kappa shape index (κ1) is 22.3. The second kappa shape index (κ2) is 8.54. The molecular formula is C25H27NO5S. The summed E-state index contributed by atoms with van der Waals surface area (Å²) in [6, 6.07) is 8.48. The second-order valence-corrected chi connectivity index (χ2v) is 10.3. The molecule has 2 heterocycles. The van der Waals surface area contributed by atoms with Gasteiger partial charge in [-0.3, -0.25) is 4.79 Å². The molecule has 168 valence electrons. The van der Waals surface area contributed by atoms with Crippen molar-refractivity contribution in [1.29, 1.82) is 0 Å². The van der Waals surface area contributed by atoms with Gasteiger partial charge in [0.05, 0.1) is 17.6 Å². The van der Waals surface area contributed by atoms with E-state index in [4.69, 9.17) is 9.15 Å². The van der Waals surface area contributed by atoms with Gasteiger partial charge < -0.3 is 14.5 Å². The zero-order valence-electron chi connectivity index (χ0n) is 18.7. The van der Waals surface area contributed by atoms with E-state index in [1.807, 2.05) is 0 Å². The van der Waals surface area contributed by atoms with Gasteiger partial charge in [-0.05, 0) is 60.6 Å². The molecule has 4 rings (SSSR count). The number of ether oxygens (including phenoxy) is 1. The van der Waals surface area contributed by atoms with Crippen LogP contribution in [0.25, 0.3) is 10.8 Å². The Morgan fingerprint density at radius 3 is 2.72 bits per heavy atom. The predicted octanol–water partition coefficient (Wildman–Crippen LogP) is 5.43. The molecule has 0 unspecified atom stereocenters. The van der Waals surface area contributed by atoms with Gasteiger partial charge in [-0.1, -0.05) is 39.0 Å². The number of thiophene rings is 1. The van der Waals surface area contributed by atoms with Crippen LogP contribution in [0.4, 0.5) is 5.00 Å². The van der Waals surface area contributed by atoms with Gasteiger partial charge in [-0.15, -0.1) is 11.3 Å². The highest BCUT2D eigenvalue weighted by Gasteiger charge is 2.34. The molecule has 0 fully saturated rings.